The summed E-state index contributed by atoms with van der Waals surface area (Å²) in [5.74, 6) is 6.96. The molecule has 0 bridgehead atoms. The van der Waals surface area contributed by atoms with E-state index in [-0.39, 0.29) is 0 Å². The number of hydrogen-bond acceptors (Lipinski definition) is 2. The number of hydrogen-bond donors (Lipinski definition) is 1. The van der Waals surface area contributed by atoms with Gasteiger partial charge in [-0.25, -0.2) is 0 Å². The molecule has 1 aromatic carbocycles. The molecule has 1 N–H and O–H groups in total. The van der Waals surface area contributed by atoms with Crippen LogP contribution in [0.1, 0.15) is 34.0 Å². The molecule has 0 aliphatic carbocycles. The monoisotopic (exact) mass is 223 g/mol. The summed E-state index contributed by atoms with van der Waals surface area (Å²) in [5.41, 5.74) is 2.73. The van der Waals surface area contributed by atoms with Crippen LogP contribution in [0.25, 0.3) is 0 Å². The zero-order valence-corrected chi connectivity index (χ0v) is 9.47. The molecule has 0 saturated carbocycles. The molecule has 0 spiro atoms. The first-order valence-electron chi connectivity index (χ1n) is 5.02. The zero-order valence-electron chi connectivity index (χ0n) is 9.47. The second-order valence-electron chi connectivity index (χ2n) is 3.67. The molecule has 0 saturated heterocycles. The van der Waals surface area contributed by atoms with Crippen molar-refractivity contribution in [3.63, 3.8) is 0 Å². The van der Waals surface area contributed by atoms with Gasteiger partial charge in [0.1, 0.15) is 0 Å². The maximum Gasteiger partial charge on any atom is 0.296 e. The van der Waals surface area contributed by atoms with Gasteiger partial charge in [0.25, 0.3) is 11.7 Å². The van der Waals surface area contributed by atoms with E-state index in [9.17, 15) is 9.59 Å². The standard InChI is InChI=1S/C14H9NO2/c1-4-6-10-9(5-2)8(3)7-11-12(10)15-14(17)13(11)16/h2,7H,1,3H3,(H,15,16,17). The minimum absolute atomic E-state index is 0.351. The molecule has 0 aromatic heterocycles. The van der Waals surface area contributed by atoms with Crippen LogP contribution < -0.4 is 5.32 Å². The number of Topliss-reactive ketones (excluding diaryl/α,β-unsaturated/α-hetero) is 1. The minimum atomic E-state index is -0.632. The highest BCUT2D eigenvalue weighted by molar-refractivity contribution is 6.52. The number of rotatable bonds is 0. The summed E-state index contributed by atoms with van der Waals surface area (Å²) < 4.78 is 0. The van der Waals surface area contributed by atoms with Gasteiger partial charge in [-0.1, -0.05) is 11.8 Å². The Morgan fingerprint density at radius 3 is 2.59 bits per heavy atom. The average Bonchev–Trinajstić information content (AvgIpc) is 2.57. The number of anilines is 1. The van der Waals surface area contributed by atoms with E-state index in [0.29, 0.717) is 22.4 Å². The summed E-state index contributed by atoms with van der Waals surface area (Å²) in [4.78, 5) is 22.9. The van der Waals surface area contributed by atoms with E-state index in [1.165, 1.54) is 0 Å². The van der Waals surface area contributed by atoms with E-state index in [1.54, 1.807) is 19.9 Å². The van der Waals surface area contributed by atoms with Gasteiger partial charge in [-0.05, 0) is 25.5 Å². The first kappa shape index (κ1) is 11.0. The van der Waals surface area contributed by atoms with Crippen molar-refractivity contribution < 1.29 is 9.59 Å². The van der Waals surface area contributed by atoms with E-state index in [0.717, 1.165) is 5.56 Å². The highest BCUT2D eigenvalue weighted by Crippen LogP contribution is 2.31. The Balaban J connectivity index is 2.85. The zero-order chi connectivity index (χ0) is 12.6. The summed E-state index contributed by atoms with van der Waals surface area (Å²) in [6.45, 7) is 3.47. The summed E-state index contributed by atoms with van der Waals surface area (Å²) in [6.07, 6.45) is 5.43. The van der Waals surface area contributed by atoms with Gasteiger partial charge < -0.3 is 5.32 Å². The maximum atomic E-state index is 11.6. The van der Waals surface area contributed by atoms with Crippen LogP contribution in [0, 0.1) is 31.1 Å². The molecule has 0 atom stereocenters. The van der Waals surface area contributed by atoms with Crippen molar-refractivity contribution in [2.45, 2.75) is 13.8 Å². The lowest BCUT2D eigenvalue weighted by Gasteiger charge is -2.07. The van der Waals surface area contributed by atoms with Crippen LogP contribution in [0.4, 0.5) is 5.69 Å². The van der Waals surface area contributed by atoms with Crippen LogP contribution in [-0.4, -0.2) is 11.7 Å². The number of amides is 1. The van der Waals surface area contributed by atoms with Crippen molar-refractivity contribution in [1.29, 1.82) is 0 Å². The highest BCUT2D eigenvalue weighted by atomic mass is 16.2. The number of benzene rings is 1. The number of carbonyl (C=O) groups is 2. The second kappa shape index (κ2) is 3.81. The van der Waals surface area contributed by atoms with E-state index in [1.807, 2.05) is 0 Å². The fourth-order valence-corrected chi connectivity index (χ4v) is 1.86. The molecule has 1 heterocycles. The smallest absolute Gasteiger partial charge is 0.296 e. The summed E-state index contributed by atoms with van der Waals surface area (Å²) in [6, 6.07) is 1.63. The third kappa shape index (κ3) is 1.49. The fraction of sp³-hybridized carbons (Fsp3) is 0.143. The molecule has 1 aliphatic heterocycles. The summed E-state index contributed by atoms with van der Waals surface area (Å²) in [5, 5.41) is 2.52. The molecule has 0 fully saturated rings. The van der Waals surface area contributed by atoms with Crippen molar-refractivity contribution in [3.05, 3.63) is 28.3 Å². The van der Waals surface area contributed by atoms with E-state index < -0.39 is 11.7 Å². The Morgan fingerprint density at radius 2 is 2.00 bits per heavy atom. The van der Waals surface area contributed by atoms with E-state index in [4.69, 9.17) is 6.42 Å². The molecule has 2 rings (SSSR count). The van der Waals surface area contributed by atoms with Crippen molar-refractivity contribution in [2.24, 2.45) is 0 Å². The van der Waals surface area contributed by atoms with Gasteiger partial charge in [0, 0.05) is 5.56 Å². The lowest BCUT2D eigenvalue weighted by molar-refractivity contribution is -0.112. The van der Waals surface area contributed by atoms with Crippen molar-refractivity contribution in [1.82, 2.24) is 0 Å². The lowest BCUT2D eigenvalue weighted by Crippen LogP contribution is -2.12. The Hall–Kier alpha value is -2.52. The predicted octanol–water partition coefficient (Wildman–Crippen LogP) is 1.48. The molecular formula is C14H9NO2. The minimum Gasteiger partial charge on any atom is -0.317 e. The molecule has 82 valence electrons. The molecule has 1 aromatic rings. The molecule has 0 unspecified atom stereocenters. The molecule has 1 aliphatic rings. The van der Waals surface area contributed by atoms with Crippen LogP contribution in [-0.2, 0) is 4.79 Å². The van der Waals surface area contributed by atoms with Gasteiger partial charge in [-0.15, -0.1) is 12.3 Å². The third-order valence-corrected chi connectivity index (χ3v) is 2.61. The Kier molecular flexibility index (Phi) is 2.46. The normalized spacial score (nSPS) is 12.3. The molecule has 1 amide bonds. The molecule has 3 heteroatoms. The number of fused-ring (bicyclic) bond motifs is 1. The van der Waals surface area contributed by atoms with Gasteiger partial charge in [-0.2, -0.15) is 0 Å². The summed E-state index contributed by atoms with van der Waals surface area (Å²) in [7, 11) is 0. The number of ketones is 1. The van der Waals surface area contributed by atoms with Crippen molar-refractivity contribution >= 4 is 17.4 Å². The van der Waals surface area contributed by atoms with Gasteiger partial charge >= 0.3 is 0 Å². The Bertz CT molecular complexity index is 652. The van der Waals surface area contributed by atoms with Crippen LogP contribution in [0.2, 0.25) is 0 Å². The number of terminal acetylenes is 1. The van der Waals surface area contributed by atoms with Gasteiger partial charge in [0.2, 0.25) is 0 Å². The second-order valence-corrected chi connectivity index (χ2v) is 3.67. The predicted molar refractivity (Wildman–Crippen MR) is 64.6 cm³/mol. The maximum absolute atomic E-state index is 11.6. The topological polar surface area (TPSA) is 46.2 Å². The molecule has 17 heavy (non-hydrogen) atoms. The summed E-state index contributed by atoms with van der Waals surface area (Å²) >= 11 is 0. The lowest BCUT2D eigenvalue weighted by atomic mass is 9.96. The van der Waals surface area contributed by atoms with Crippen LogP contribution in [0.5, 0.6) is 0 Å². The van der Waals surface area contributed by atoms with Gasteiger partial charge in [0.05, 0.1) is 16.8 Å². The van der Waals surface area contributed by atoms with Gasteiger partial charge in [-0.3, -0.25) is 9.59 Å². The van der Waals surface area contributed by atoms with Crippen molar-refractivity contribution in [3.8, 4) is 24.2 Å². The van der Waals surface area contributed by atoms with E-state index in [2.05, 4.69) is 23.1 Å². The number of carbonyl (C=O) groups excluding carboxylic acids is 2. The SMILES string of the molecule is C#Cc1c(C)cc2c(c1C#CC)NC(=O)C2=O. The molecular weight excluding hydrogens is 214 g/mol. The van der Waals surface area contributed by atoms with Crippen LogP contribution in [0.15, 0.2) is 6.07 Å². The third-order valence-electron chi connectivity index (χ3n) is 2.61. The Labute approximate surface area is 99.2 Å². The first-order valence-corrected chi connectivity index (χ1v) is 5.02. The van der Waals surface area contributed by atoms with Gasteiger partial charge in [0.15, 0.2) is 0 Å². The number of aryl methyl sites for hydroxylation is 1. The molecule has 0 radical (unpaired) electrons. The first-order chi connectivity index (χ1) is 8.10. The fourth-order valence-electron chi connectivity index (χ4n) is 1.86. The number of nitrogens with one attached hydrogen (secondary N) is 1. The molecule has 3 nitrogen and oxygen atoms in total. The highest BCUT2D eigenvalue weighted by Gasteiger charge is 2.31. The quantitative estimate of drug-likeness (QED) is 0.535. The van der Waals surface area contributed by atoms with E-state index >= 15 is 0 Å². The van der Waals surface area contributed by atoms with Crippen LogP contribution in [0.3, 0.4) is 0 Å². The van der Waals surface area contributed by atoms with Crippen LogP contribution >= 0.6 is 0 Å². The van der Waals surface area contributed by atoms with Crippen molar-refractivity contribution in [2.75, 3.05) is 5.32 Å². The average molecular weight is 223 g/mol. The Morgan fingerprint density at radius 1 is 1.29 bits per heavy atom. The largest absolute Gasteiger partial charge is 0.317 e.